The van der Waals surface area contributed by atoms with Gasteiger partial charge in [0.05, 0.1) is 5.60 Å². The fraction of sp³-hybridized carbons (Fsp3) is 0.435. The highest BCUT2D eigenvalue weighted by Crippen LogP contribution is 2.49. The lowest BCUT2D eigenvalue weighted by Gasteiger charge is -2.53. The normalized spacial score (nSPS) is 29.5. The van der Waals surface area contributed by atoms with Gasteiger partial charge in [0.15, 0.2) is 0 Å². The van der Waals surface area contributed by atoms with Crippen LogP contribution in [0.2, 0.25) is 0 Å². The Morgan fingerprint density at radius 3 is 2.54 bits per heavy atom. The molecule has 1 aromatic carbocycles. The van der Waals surface area contributed by atoms with E-state index in [1.807, 2.05) is 12.3 Å². The first kappa shape index (κ1) is 17.4. The molecule has 0 spiro atoms. The van der Waals surface area contributed by atoms with Crippen LogP contribution in [0.25, 0.3) is 6.08 Å². The molecule has 2 aliphatic rings. The Balaban J connectivity index is 1.51. The molecule has 26 heavy (non-hydrogen) atoms. The fourth-order valence-electron chi connectivity index (χ4n) is 4.98. The number of piperidine rings is 1. The van der Waals surface area contributed by atoms with Crippen molar-refractivity contribution in [2.75, 3.05) is 19.6 Å². The van der Waals surface area contributed by atoms with Gasteiger partial charge in [0, 0.05) is 49.4 Å². The summed E-state index contributed by atoms with van der Waals surface area (Å²) in [6.45, 7) is 5.11. The first-order valence-corrected chi connectivity index (χ1v) is 9.73. The number of rotatable bonds is 4. The number of pyridine rings is 1. The molecule has 2 aromatic rings. The van der Waals surface area contributed by atoms with Gasteiger partial charge in [-0.3, -0.25) is 9.88 Å². The molecule has 2 fully saturated rings. The standard InChI is InChI=1S/C23H28N2O/c1-18(13-19-7-3-2-4-8-19)15-25-16-21-9-5-10-22(17-25)23(21,26)20-11-6-12-24-14-20/h2-4,6-8,11-14,21-22,26H,5,9-10,15-17H2,1H3/b18-13+/t21-,22-/m0/s1. The summed E-state index contributed by atoms with van der Waals surface area (Å²) in [6, 6.07) is 14.5. The number of aliphatic hydroxyl groups is 1. The molecule has 3 heteroatoms. The van der Waals surface area contributed by atoms with Crippen molar-refractivity contribution in [1.82, 2.24) is 9.88 Å². The minimum absolute atomic E-state index is 0.295. The van der Waals surface area contributed by atoms with Crippen LogP contribution in [0, 0.1) is 11.8 Å². The average Bonchev–Trinajstić information content (AvgIpc) is 2.64. The molecule has 1 N–H and O–H groups in total. The Labute approximate surface area is 156 Å². The quantitative estimate of drug-likeness (QED) is 0.903. The van der Waals surface area contributed by atoms with Crippen molar-refractivity contribution >= 4 is 6.08 Å². The van der Waals surface area contributed by atoms with Crippen LogP contribution in [0.3, 0.4) is 0 Å². The molecular formula is C23H28N2O. The van der Waals surface area contributed by atoms with E-state index in [1.165, 1.54) is 17.6 Å². The number of hydrogen-bond donors (Lipinski definition) is 1. The molecule has 1 aromatic heterocycles. The molecule has 2 atom stereocenters. The van der Waals surface area contributed by atoms with Gasteiger partial charge in [-0.05, 0) is 31.4 Å². The molecule has 2 bridgehead atoms. The number of aromatic nitrogens is 1. The molecule has 1 aliphatic heterocycles. The zero-order valence-corrected chi connectivity index (χ0v) is 15.5. The molecule has 1 saturated carbocycles. The van der Waals surface area contributed by atoms with E-state index >= 15 is 0 Å². The van der Waals surface area contributed by atoms with Crippen LogP contribution in [0.15, 0.2) is 60.4 Å². The van der Waals surface area contributed by atoms with E-state index in [9.17, 15) is 5.11 Å². The fourth-order valence-corrected chi connectivity index (χ4v) is 4.98. The summed E-state index contributed by atoms with van der Waals surface area (Å²) < 4.78 is 0. The Morgan fingerprint density at radius 1 is 1.15 bits per heavy atom. The van der Waals surface area contributed by atoms with E-state index in [0.29, 0.717) is 11.8 Å². The molecule has 0 amide bonds. The van der Waals surface area contributed by atoms with Gasteiger partial charge in [0.1, 0.15) is 0 Å². The van der Waals surface area contributed by atoms with Gasteiger partial charge in [-0.2, -0.15) is 0 Å². The minimum Gasteiger partial charge on any atom is -0.384 e. The molecule has 0 unspecified atom stereocenters. The number of benzene rings is 1. The van der Waals surface area contributed by atoms with Crippen molar-refractivity contribution in [3.63, 3.8) is 0 Å². The first-order valence-electron chi connectivity index (χ1n) is 9.73. The van der Waals surface area contributed by atoms with E-state index in [2.05, 4.69) is 59.3 Å². The van der Waals surface area contributed by atoms with Gasteiger partial charge in [0.25, 0.3) is 0 Å². The average molecular weight is 348 g/mol. The summed E-state index contributed by atoms with van der Waals surface area (Å²) in [5.41, 5.74) is 2.93. The lowest BCUT2D eigenvalue weighted by molar-refractivity contribution is -0.145. The van der Waals surface area contributed by atoms with E-state index < -0.39 is 5.60 Å². The largest absolute Gasteiger partial charge is 0.384 e. The predicted molar refractivity (Wildman–Crippen MR) is 105 cm³/mol. The predicted octanol–water partition coefficient (Wildman–Crippen LogP) is 4.10. The molecule has 3 nitrogen and oxygen atoms in total. The monoisotopic (exact) mass is 348 g/mol. The third-order valence-electron chi connectivity index (χ3n) is 6.12. The van der Waals surface area contributed by atoms with Crippen LogP contribution in [0.5, 0.6) is 0 Å². The van der Waals surface area contributed by atoms with Crippen LogP contribution in [0.4, 0.5) is 0 Å². The molecule has 2 heterocycles. The highest BCUT2D eigenvalue weighted by Gasteiger charge is 2.51. The summed E-state index contributed by atoms with van der Waals surface area (Å²) >= 11 is 0. The van der Waals surface area contributed by atoms with Crippen molar-refractivity contribution < 1.29 is 5.11 Å². The zero-order chi connectivity index (χ0) is 18.0. The highest BCUT2D eigenvalue weighted by molar-refractivity contribution is 5.52. The van der Waals surface area contributed by atoms with Crippen LogP contribution >= 0.6 is 0 Å². The first-order chi connectivity index (χ1) is 12.7. The second-order valence-corrected chi connectivity index (χ2v) is 7.99. The van der Waals surface area contributed by atoms with Crippen LogP contribution < -0.4 is 0 Å². The lowest BCUT2D eigenvalue weighted by atomic mass is 9.63. The minimum atomic E-state index is -0.708. The van der Waals surface area contributed by atoms with E-state index in [4.69, 9.17) is 0 Å². The summed E-state index contributed by atoms with van der Waals surface area (Å²) in [7, 11) is 0. The van der Waals surface area contributed by atoms with E-state index in [0.717, 1.165) is 38.0 Å². The smallest absolute Gasteiger partial charge is 0.0991 e. The van der Waals surface area contributed by atoms with Crippen molar-refractivity contribution in [3.8, 4) is 0 Å². The van der Waals surface area contributed by atoms with Gasteiger partial charge in [-0.15, -0.1) is 0 Å². The third-order valence-corrected chi connectivity index (χ3v) is 6.12. The summed E-state index contributed by atoms with van der Waals surface area (Å²) in [6.07, 6.45) is 9.35. The molecule has 0 radical (unpaired) electrons. The van der Waals surface area contributed by atoms with Crippen molar-refractivity contribution in [3.05, 3.63) is 71.6 Å². The third kappa shape index (κ3) is 3.34. The van der Waals surface area contributed by atoms with Gasteiger partial charge < -0.3 is 5.11 Å². The maximum absolute atomic E-state index is 11.6. The number of likely N-dealkylation sites (tertiary alicyclic amines) is 1. The Kier molecular flexibility index (Phi) is 4.92. The molecule has 1 saturated heterocycles. The molecule has 1 aliphatic carbocycles. The topological polar surface area (TPSA) is 36.4 Å². The maximum atomic E-state index is 11.6. The number of hydrogen-bond acceptors (Lipinski definition) is 3. The second-order valence-electron chi connectivity index (χ2n) is 7.99. The summed E-state index contributed by atoms with van der Waals surface area (Å²) in [5.74, 6) is 0.590. The van der Waals surface area contributed by atoms with E-state index in [-0.39, 0.29) is 0 Å². The van der Waals surface area contributed by atoms with Gasteiger partial charge in [-0.25, -0.2) is 0 Å². The van der Waals surface area contributed by atoms with Crippen molar-refractivity contribution in [1.29, 1.82) is 0 Å². The van der Waals surface area contributed by atoms with Gasteiger partial charge in [-0.1, -0.05) is 54.5 Å². The van der Waals surface area contributed by atoms with Crippen LogP contribution in [-0.4, -0.2) is 34.6 Å². The zero-order valence-electron chi connectivity index (χ0n) is 15.5. The summed E-state index contributed by atoms with van der Waals surface area (Å²) in [5, 5.41) is 11.6. The highest BCUT2D eigenvalue weighted by atomic mass is 16.3. The number of nitrogens with zero attached hydrogens (tertiary/aromatic N) is 2. The van der Waals surface area contributed by atoms with Crippen LogP contribution in [-0.2, 0) is 5.60 Å². The van der Waals surface area contributed by atoms with Crippen molar-refractivity contribution in [2.24, 2.45) is 11.8 Å². The lowest BCUT2D eigenvalue weighted by Crippen LogP contribution is -2.58. The van der Waals surface area contributed by atoms with Crippen molar-refractivity contribution in [2.45, 2.75) is 31.8 Å². The Morgan fingerprint density at radius 2 is 1.88 bits per heavy atom. The van der Waals surface area contributed by atoms with Gasteiger partial charge in [0.2, 0.25) is 0 Å². The summed E-state index contributed by atoms with van der Waals surface area (Å²) in [4.78, 5) is 6.80. The SMILES string of the molecule is C/C(=C\c1ccccc1)CN1C[C@@H]2CCC[C@@H](C1)C2(O)c1cccnc1. The van der Waals surface area contributed by atoms with Crippen LogP contribution in [0.1, 0.15) is 37.3 Å². The molecule has 136 valence electrons. The molecule has 4 rings (SSSR count). The van der Waals surface area contributed by atoms with Gasteiger partial charge >= 0.3 is 0 Å². The Hall–Kier alpha value is -1.97. The Bertz CT molecular complexity index is 742. The van der Waals surface area contributed by atoms with E-state index in [1.54, 1.807) is 6.20 Å². The second kappa shape index (κ2) is 7.34. The number of fused-ring (bicyclic) bond motifs is 2. The molecular weight excluding hydrogens is 320 g/mol. The maximum Gasteiger partial charge on any atom is 0.0991 e.